The van der Waals surface area contributed by atoms with Crippen molar-refractivity contribution in [1.82, 2.24) is 4.98 Å². The highest BCUT2D eigenvalue weighted by Gasteiger charge is 2.16. The lowest BCUT2D eigenvalue weighted by Gasteiger charge is -2.15. The number of nitrogens with two attached hydrogens (primary N) is 1. The zero-order chi connectivity index (χ0) is 12.5. The van der Waals surface area contributed by atoms with Crippen LogP contribution in [0.1, 0.15) is 31.2 Å². The first-order valence-corrected chi connectivity index (χ1v) is 6.65. The number of nitrogens with one attached hydrogen (secondary N) is 1. The van der Waals surface area contributed by atoms with Gasteiger partial charge < -0.3 is 11.1 Å². The van der Waals surface area contributed by atoms with Gasteiger partial charge in [0.15, 0.2) is 0 Å². The Balaban J connectivity index is 2.05. The maximum atomic E-state index is 6.08. The van der Waals surface area contributed by atoms with Gasteiger partial charge in [-0.2, -0.15) is 0 Å². The maximum Gasteiger partial charge on any atom is 0.134 e. The van der Waals surface area contributed by atoms with Crippen LogP contribution in [0.5, 0.6) is 0 Å². The van der Waals surface area contributed by atoms with E-state index in [9.17, 15) is 0 Å². The monoisotopic (exact) mass is 241 g/mol. The predicted octanol–water partition coefficient (Wildman–Crippen LogP) is 3.48. The highest BCUT2D eigenvalue weighted by atomic mass is 15.0. The molecule has 0 amide bonds. The number of nitrogens with zero attached hydrogens (tertiary/aromatic N) is 1. The topological polar surface area (TPSA) is 50.9 Å². The molecular weight excluding hydrogens is 222 g/mol. The number of pyridine rings is 1. The summed E-state index contributed by atoms with van der Waals surface area (Å²) in [6.07, 6.45) is 6.98. The number of hydrogen-bond donors (Lipinski definition) is 2. The summed E-state index contributed by atoms with van der Waals surface area (Å²) in [4.78, 5) is 4.49. The second-order valence-corrected chi connectivity index (χ2v) is 5.23. The van der Waals surface area contributed by atoms with Gasteiger partial charge in [-0.25, -0.2) is 4.98 Å². The summed E-state index contributed by atoms with van der Waals surface area (Å²) in [5.74, 6) is 0.981. The van der Waals surface area contributed by atoms with Crippen LogP contribution in [-0.4, -0.2) is 11.0 Å². The van der Waals surface area contributed by atoms with Crippen LogP contribution in [0.4, 0.5) is 11.5 Å². The molecule has 1 heterocycles. The SMILES string of the molecule is Cc1cc(N)c2ccnc(NC3CCCC3)c2c1. The lowest BCUT2D eigenvalue weighted by atomic mass is 10.1. The summed E-state index contributed by atoms with van der Waals surface area (Å²) >= 11 is 0. The molecule has 3 N–H and O–H groups in total. The molecule has 0 aliphatic heterocycles. The minimum absolute atomic E-state index is 0.574. The summed E-state index contributed by atoms with van der Waals surface area (Å²) in [5, 5.41) is 5.81. The Hall–Kier alpha value is -1.77. The summed E-state index contributed by atoms with van der Waals surface area (Å²) in [6, 6.07) is 6.74. The Morgan fingerprint density at radius 3 is 2.78 bits per heavy atom. The van der Waals surface area contributed by atoms with Crippen LogP contribution in [0.15, 0.2) is 24.4 Å². The zero-order valence-corrected chi connectivity index (χ0v) is 10.7. The van der Waals surface area contributed by atoms with Gasteiger partial charge in [-0.1, -0.05) is 12.8 Å². The molecule has 3 heteroatoms. The van der Waals surface area contributed by atoms with Crippen molar-refractivity contribution < 1.29 is 0 Å². The van der Waals surface area contributed by atoms with Gasteiger partial charge in [-0.05, 0) is 43.5 Å². The van der Waals surface area contributed by atoms with Crippen molar-refractivity contribution in [2.75, 3.05) is 11.1 Å². The third-order valence-corrected chi connectivity index (χ3v) is 3.75. The van der Waals surface area contributed by atoms with Crippen LogP contribution in [0.2, 0.25) is 0 Å². The van der Waals surface area contributed by atoms with Crippen molar-refractivity contribution in [3.05, 3.63) is 30.0 Å². The first-order chi connectivity index (χ1) is 8.74. The van der Waals surface area contributed by atoms with E-state index in [4.69, 9.17) is 5.73 Å². The number of rotatable bonds is 2. The number of benzene rings is 1. The number of fused-ring (bicyclic) bond motifs is 1. The molecular formula is C15H19N3. The van der Waals surface area contributed by atoms with Crippen LogP contribution < -0.4 is 11.1 Å². The molecule has 2 aromatic rings. The predicted molar refractivity (Wildman–Crippen MR) is 76.8 cm³/mol. The minimum Gasteiger partial charge on any atom is -0.398 e. The minimum atomic E-state index is 0.574. The average molecular weight is 241 g/mol. The highest BCUT2D eigenvalue weighted by molar-refractivity contribution is 5.99. The van der Waals surface area contributed by atoms with Gasteiger partial charge in [-0.15, -0.1) is 0 Å². The van der Waals surface area contributed by atoms with Gasteiger partial charge in [-0.3, -0.25) is 0 Å². The van der Waals surface area contributed by atoms with E-state index < -0.39 is 0 Å². The van der Waals surface area contributed by atoms with Crippen LogP contribution >= 0.6 is 0 Å². The van der Waals surface area contributed by atoms with E-state index in [2.05, 4.69) is 23.3 Å². The molecule has 18 heavy (non-hydrogen) atoms. The maximum absolute atomic E-state index is 6.08. The Bertz CT molecular complexity index is 571. The van der Waals surface area contributed by atoms with Crippen LogP contribution in [0.25, 0.3) is 10.8 Å². The van der Waals surface area contributed by atoms with Crippen molar-refractivity contribution in [2.45, 2.75) is 38.6 Å². The van der Waals surface area contributed by atoms with Gasteiger partial charge in [0.25, 0.3) is 0 Å². The largest absolute Gasteiger partial charge is 0.398 e. The molecule has 0 atom stereocenters. The Morgan fingerprint density at radius 1 is 1.22 bits per heavy atom. The summed E-state index contributed by atoms with van der Waals surface area (Å²) in [5.41, 5.74) is 8.10. The van der Waals surface area contributed by atoms with E-state index in [0.29, 0.717) is 6.04 Å². The molecule has 1 aliphatic rings. The van der Waals surface area contributed by atoms with E-state index >= 15 is 0 Å². The van der Waals surface area contributed by atoms with Gasteiger partial charge in [0, 0.05) is 28.7 Å². The smallest absolute Gasteiger partial charge is 0.134 e. The average Bonchev–Trinajstić information content (AvgIpc) is 2.83. The van der Waals surface area contributed by atoms with Crippen LogP contribution in [0.3, 0.4) is 0 Å². The number of aromatic nitrogens is 1. The van der Waals surface area contributed by atoms with E-state index in [-0.39, 0.29) is 0 Å². The number of nitrogen functional groups attached to an aromatic ring is 1. The molecule has 0 radical (unpaired) electrons. The molecule has 0 bridgehead atoms. The van der Waals surface area contributed by atoms with Gasteiger partial charge in [0.05, 0.1) is 0 Å². The Labute approximate surface area is 107 Å². The third-order valence-electron chi connectivity index (χ3n) is 3.75. The van der Waals surface area contributed by atoms with Crippen molar-refractivity contribution in [2.24, 2.45) is 0 Å². The third kappa shape index (κ3) is 2.01. The lowest BCUT2D eigenvalue weighted by Crippen LogP contribution is -2.15. The van der Waals surface area contributed by atoms with Gasteiger partial charge in [0.2, 0.25) is 0 Å². The fourth-order valence-corrected chi connectivity index (χ4v) is 2.84. The molecule has 0 unspecified atom stereocenters. The highest BCUT2D eigenvalue weighted by Crippen LogP contribution is 2.29. The lowest BCUT2D eigenvalue weighted by molar-refractivity contribution is 0.752. The Morgan fingerprint density at radius 2 is 2.00 bits per heavy atom. The first-order valence-electron chi connectivity index (χ1n) is 6.65. The van der Waals surface area contributed by atoms with Crippen LogP contribution in [-0.2, 0) is 0 Å². The molecule has 94 valence electrons. The van der Waals surface area contributed by atoms with E-state index in [1.54, 1.807) is 0 Å². The molecule has 1 aromatic carbocycles. The second-order valence-electron chi connectivity index (χ2n) is 5.23. The second kappa shape index (κ2) is 4.48. The van der Waals surface area contributed by atoms with Crippen molar-refractivity contribution in [3.8, 4) is 0 Å². The summed E-state index contributed by atoms with van der Waals surface area (Å²) in [6.45, 7) is 2.07. The molecule has 1 fully saturated rings. The van der Waals surface area contributed by atoms with Crippen molar-refractivity contribution >= 4 is 22.3 Å². The molecule has 3 rings (SSSR count). The van der Waals surface area contributed by atoms with E-state index in [0.717, 1.165) is 22.3 Å². The number of anilines is 2. The standard InChI is InChI=1S/C15H19N3/c1-10-8-13-12(14(16)9-10)6-7-17-15(13)18-11-4-2-3-5-11/h6-9,11H,2-5,16H2,1H3,(H,17,18). The fourth-order valence-electron chi connectivity index (χ4n) is 2.84. The molecule has 3 nitrogen and oxygen atoms in total. The molecule has 1 saturated carbocycles. The van der Waals surface area contributed by atoms with Crippen molar-refractivity contribution in [3.63, 3.8) is 0 Å². The van der Waals surface area contributed by atoms with E-state index in [1.165, 1.54) is 31.2 Å². The summed E-state index contributed by atoms with van der Waals surface area (Å²) < 4.78 is 0. The Kier molecular flexibility index (Phi) is 2.82. The fraction of sp³-hybridized carbons (Fsp3) is 0.400. The molecule has 0 saturated heterocycles. The zero-order valence-electron chi connectivity index (χ0n) is 10.7. The van der Waals surface area contributed by atoms with Crippen molar-refractivity contribution in [1.29, 1.82) is 0 Å². The number of hydrogen-bond acceptors (Lipinski definition) is 3. The van der Waals surface area contributed by atoms with Gasteiger partial charge in [0.1, 0.15) is 5.82 Å². The van der Waals surface area contributed by atoms with Gasteiger partial charge >= 0.3 is 0 Å². The molecule has 0 spiro atoms. The van der Waals surface area contributed by atoms with E-state index in [1.807, 2.05) is 18.3 Å². The number of aryl methyl sites for hydroxylation is 1. The quantitative estimate of drug-likeness (QED) is 0.791. The summed E-state index contributed by atoms with van der Waals surface area (Å²) in [7, 11) is 0. The van der Waals surface area contributed by atoms with Crippen LogP contribution in [0, 0.1) is 6.92 Å². The molecule has 1 aromatic heterocycles. The first kappa shape index (κ1) is 11.3. The normalized spacial score (nSPS) is 16.3. The molecule has 1 aliphatic carbocycles.